The van der Waals surface area contributed by atoms with Crippen LogP contribution in [0.5, 0.6) is 0 Å². The van der Waals surface area contributed by atoms with Gasteiger partial charge < -0.3 is 55.1 Å². The molecule has 11 heteroatoms. The van der Waals surface area contributed by atoms with Gasteiger partial charge in [-0.25, -0.2) is 0 Å². The van der Waals surface area contributed by atoms with Gasteiger partial charge in [-0.15, -0.1) is 0 Å². The summed E-state index contributed by atoms with van der Waals surface area (Å²) in [7, 11) is 0. The number of ether oxygens (including phenoxy) is 3. The molecule has 2 rings (SSSR count). The van der Waals surface area contributed by atoms with Gasteiger partial charge >= 0.3 is 0 Å². The van der Waals surface area contributed by atoms with E-state index in [2.05, 4.69) is 0 Å². The smallest absolute Gasteiger partial charge is 0.187 e. The first kappa shape index (κ1) is 18.9. The Bertz CT molecular complexity index is 378. The monoisotopic (exact) mass is 342 g/mol. The fraction of sp³-hybridized carbons (Fsp3) is 1.00. The van der Waals surface area contributed by atoms with Crippen LogP contribution in [0.25, 0.3) is 0 Å². The van der Waals surface area contributed by atoms with Crippen LogP contribution < -0.4 is 0 Å². The molecule has 0 spiro atoms. The molecule has 0 aromatic rings. The number of rotatable bonds is 4. The summed E-state index contributed by atoms with van der Waals surface area (Å²) in [6, 6.07) is 0. The molecule has 0 bridgehead atoms. The van der Waals surface area contributed by atoms with E-state index in [1.807, 2.05) is 0 Å². The zero-order chi connectivity index (χ0) is 17.3. The van der Waals surface area contributed by atoms with Crippen LogP contribution in [-0.4, -0.2) is 115 Å². The average molecular weight is 342 g/mol. The number of hydrogen-bond donors (Lipinski definition) is 8. The maximum absolute atomic E-state index is 9.94. The summed E-state index contributed by atoms with van der Waals surface area (Å²) < 4.78 is 15.3. The lowest BCUT2D eigenvalue weighted by Gasteiger charge is -2.45. The lowest BCUT2D eigenvalue weighted by atomic mass is 9.97. The molecule has 23 heavy (non-hydrogen) atoms. The third-order valence-electron chi connectivity index (χ3n) is 3.98. The van der Waals surface area contributed by atoms with Gasteiger partial charge in [-0.1, -0.05) is 0 Å². The second-order valence-corrected chi connectivity index (χ2v) is 5.53. The van der Waals surface area contributed by atoms with Crippen LogP contribution in [0.15, 0.2) is 0 Å². The minimum Gasteiger partial charge on any atom is -0.394 e. The highest BCUT2D eigenvalue weighted by molar-refractivity contribution is 4.93. The van der Waals surface area contributed by atoms with E-state index < -0.39 is 74.6 Å². The highest BCUT2D eigenvalue weighted by atomic mass is 16.7. The lowest BCUT2D eigenvalue weighted by Crippen LogP contribution is -2.64. The molecule has 0 radical (unpaired) electrons. The predicted octanol–water partition coefficient (Wildman–Crippen LogP) is -5.40. The molecule has 0 saturated carbocycles. The van der Waals surface area contributed by atoms with Crippen LogP contribution >= 0.6 is 0 Å². The van der Waals surface area contributed by atoms with Crippen molar-refractivity contribution in [3.8, 4) is 0 Å². The van der Waals surface area contributed by atoms with E-state index in [9.17, 15) is 35.7 Å². The number of hydrogen-bond acceptors (Lipinski definition) is 11. The van der Waals surface area contributed by atoms with Crippen molar-refractivity contribution in [2.24, 2.45) is 0 Å². The Morgan fingerprint density at radius 1 is 0.652 bits per heavy atom. The van der Waals surface area contributed by atoms with Gasteiger partial charge in [0.1, 0.15) is 48.8 Å². The lowest BCUT2D eigenvalue weighted by molar-refractivity contribution is -0.355. The van der Waals surface area contributed by atoms with Crippen LogP contribution in [0.3, 0.4) is 0 Å². The molecule has 2 aliphatic rings. The first-order chi connectivity index (χ1) is 10.8. The van der Waals surface area contributed by atoms with Crippen LogP contribution in [0.4, 0.5) is 0 Å². The van der Waals surface area contributed by atoms with Crippen LogP contribution in [0, 0.1) is 0 Å². The van der Waals surface area contributed by atoms with Gasteiger partial charge in [-0.05, 0) is 0 Å². The maximum atomic E-state index is 9.94. The van der Waals surface area contributed by atoms with Crippen molar-refractivity contribution in [1.82, 2.24) is 0 Å². The SMILES string of the molecule is OC[C@H]1O[C@H](O[C@@H]2[C@@H](O)[C@@H](O)[C@@H](O)O[C@@H]2CO)[C@H](O)[C@H](O)[C@H]1O. The van der Waals surface area contributed by atoms with Gasteiger partial charge in [0.15, 0.2) is 12.6 Å². The van der Waals surface area contributed by atoms with Gasteiger partial charge in [-0.2, -0.15) is 0 Å². The summed E-state index contributed by atoms with van der Waals surface area (Å²) in [6.07, 6.45) is -15.6. The Morgan fingerprint density at radius 2 is 1.26 bits per heavy atom. The highest BCUT2D eigenvalue weighted by Gasteiger charge is 2.50. The second kappa shape index (κ2) is 7.63. The van der Waals surface area contributed by atoms with Gasteiger partial charge in [0.05, 0.1) is 13.2 Å². The molecule has 2 heterocycles. The molecule has 11 nitrogen and oxygen atoms in total. The standard InChI is InChI=1S/C12H22O11/c13-1-3-5(15)6(16)9(19)12(22-3)23-10-4(2-14)21-11(20)8(18)7(10)17/h3-20H,1-2H2/t3-,4-,5+,6-,7+,8-,9-,10+,11+,12-/m1/s1. The van der Waals surface area contributed by atoms with E-state index in [4.69, 9.17) is 19.3 Å². The minimum absolute atomic E-state index is 0.667. The van der Waals surface area contributed by atoms with Gasteiger partial charge in [-0.3, -0.25) is 0 Å². The van der Waals surface area contributed by atoms with Crippen LogP contribution in [0.2, 0.25) is 0 Å². The van der Waals surface area contributed by atoms with E-state index >= 15 is 0 Å². The molecule has 0 aliphatic carbocycles. The summed E-state index contributed by atoms with van der Waals surface area (Å²) >= 11 is 0. The maximum Gasteiger partial charge on any atom is 0.187 e. The predicted molar refractivity (Wildman–Crippen MR) is 68.6 cm³/mol. The molecule has 0 amide bonds. The molecule has 10 atom stereocenters. The Kier molecular flexibility index (Phi) is 6.27. The normalized spacial score (nSPS) is 51.7. The molecule has 8 N–H and O–H groups in total. The number of aliphatic hydroxyl groups is 8. The van der Waals surface area contributed by atoms with Crippen molar-refractivity contribution in [1.29, 1.82) is 0 Å². The van der Waals surface area contributed by atoms with Crippen molar-refractivity contribution in [2.45, 2.75) is 61.4 Å². The summed E-state index contributed by atoms with van der Waals surface area (Å²) in [4.78, 5) is 0. The van der Waals surface area contributed by atoms with Crippen molar-refractivity contribution in [3.63, 3.8) is 0 Å². The number of aliphatic hydroxyl groups excluding tert-OH is 8. The van der Waals surface area contributed by atoms with Crippen LogP contribution in [0.1, 0.15) is 0 Å². The molecule has 0 unspecified atom stereocenters. The van der Waals surface area contributed by atoms with E-state index in [0.717, 1.165) is 0 Å². The summed E-state index contributed by atoms with van der Waals surface area (Å²) in [5.41, 5.74) is 0. The molecule has 2 fully saturated rings. The van der Waals surface area contributed by atoms with Crippen LogP contribution in [-0.2, 0) is 14.2 Å². The molecule has 2 saturated heterocycles. The van der Waals surface area contributed by atoms with Crippen molar-refractivity contribution < 1.29 is 55.1 Å². The molecule has 0 aromatic carbocycles. The first-order valence-corrected chi connectivity index (χ1v) is 7.08. The molecular weight excluding hydrogens is 320 g/mol. The molecular formula is C12H22O11. The zero-order valence-corrected chi connectivity index (χ0v) is 12.0. The van der Waals surface area contributed by atoms with E-state index in [1.165, 1.54) is 0 Å². The Labute approximate surface area is 130 Å². The first-order valence-electron chi connectivity index (χ1n) is 7.08. The minimum atomic E-state index is -1.74. The van der Waals surface area contributed by atoms with Gasteiger partial charge in [0.25, 0.3) is 0 Å². The highest BCUT2D eigenvalue weighted by Crippen LogP contribution is 2.28. The Balaban J connectivity index is 2.11. The summed E-state index contributed by atoms with van der Waals surface area (Å²) in [6.45, 7) is -1.35. The zero-order valence-electron chi connectivity index (χ0n) is 12.0. The van der Waals surface area contributed by atoms with E-state index in [0.29, 0.717) is 0 Å². The summed E-state index contributed by atoms with van der Waals surface area (Å²) in [5, 5.41) is 76.5. The summed E-state index contributed by atoms with van der Waals surface area (Å²) in [5.74, 6) is 0. The second-order valence-electron chi connectivity index (χ2n) is 5.53. The van der Waals surface area contributed by atoms with Crippen molar-refractivity contribution in [3.05, 3.63) is 0 Å². The average Bonchev–Trinajstić information content (AvgIpc) is 2.55. The fourth-order valence-electron chi connectivity index (χ4n) is 2.57. The molecule has 2 aliphatic heterocycles. The Morgan fingerprint density at radius 3 is 1.83 bits per heavy atom. The fourth-order valence-corrected chi connectivity index (χ4v) is 2.57. The van der Waals surface area contributed by atoms with Crippen molar-refractivity contribution >= 4 is 0 Å². The largest absolute Gasteiger partial charge is 0.394 e. The Hall–Kier alpha value is -0.440. The van der Waals surface area contributed by atoms with E-state index in [-0.39, 0.29) is 0 Å². The third kappa shape index (κ3) is 3.65. The van der Waals surface area contributed by atoms with Gasteiger partial charge in [0, 0.05) is 0 Å². The molecule has 0 aromatic heterocycles. The molecule has 136 valence electrons. The van der Waals surface area contributed by atoms with Crippen molar-refractivity contribution in [2.75, 3.05) is 13.2 Å². The third-order valence-corrected chi connectivity index (χ3v) is 3.98. The van der Waals surface area contributed by atoms with E-state index in [1.54, 1.807) is 0 Å². The van der Waals surface area contributed by atoms with Gasteiger partial charge in [0.2, 0.25) is 0 Å². The topological polar surface area (TPSA) is 190 Å². The quantitative estimate of drug-likeness (QED) is 0.243.